The van der Waals surface area contributed by atoms with E-state index < -0.39 is 0 Å². The van der Waals surface area contributed by atoms with E-state index in [2.05, 4.69) is 46.6 Å². The highest BCUT2D eigenvalue weighted by atomic mass is 35.5. The van der Waals surface area contributed by atoms with Crippen molar-refractivity contribution in [1.82, 2.24) is 24.3 Å². The summed E-state index contributed by atoms with van der Waals surface area (Å²) in [6, 6.07) is 13.2. The highest BCUT2D eigenvalue weighted by Crippen LogP contribution is 2.23. The van der Waals surface area contributed by atoms with Crippen molar-refractivity contribution in [2.75, 3.05) is 26.2 Å². The highest BCUT2D eigenvalue weighted by molar-refractivity contribution is 6.30. The van der Waals surface area contributed by atoms with Crippen molar-refractivity contribution >= 4 is 23.2 Å². The van der Waals surface area contributed by atoms with Crippen LogP contribution in [-0.4, -0.2) is 56.4 Å². The number of piperazine rings is 1. The van der Waals surface area contributed by atoms with Crippen molar-refractivity contribution < 1.29 is 9.32 Å². The van der Waals surface area contributed by atoms with Crippen LogP contribution in [0.5, 0.6) is 0 Å². The van der Waals surface area contributed by atoms with Gasteiger partial charge in [0.1, 0.15) is 5.65 Å². The maximum absolute atomic E-state index is 12.9. The lowest BCUT2D eigenvalue weighted by Crippen LogP contribution is -2.48. The molecule has 7 nitrogen and oxygen atoms in total. The number of amides is 1. The van der Waals surface area contributed by atoms with Crippen LogP contribution in [0.25, 0.3) is 17.0 Å². The predicted molar refractivity (Wildman–Crippen MR) is 123 cm³/mol. The second-order valence-corrected chi connectivity index (χ2v) is 8.66. The van der Waals surface area contributed by atoms with Crippen molar-refractivity contribution in [3.05, 3.63) is 76.3 Å². The van der Waals surface area contributed by atoms with Crippen LogP contribution in [0, 0.1) is 13.8 Å². The van der Waals surface area contributed by atoms with Crippen LogP contribution >= 0.6 is 11.6 Å². The molecule has 164 valence electrons. The first-order valence-corrected chi connectivity index (χ1v) is 11.0. The zero-order chi connectivity index (χ0) is 22.2. The molecule has 0 N–H and O–H groups in total. The minimum atomic E-state index is -0.102. The van der Waals surface area contributed by atoms with E-state index in [9.17, 15) is 4.79 Å². The fourth-order valence-electron chi connectivity index (χ4n) is 4.11. The minimum Gasteiger partial charge on any atom is -0.355 e. The van der Waals surface area contributed by atoms with Crippen molar-refractivity contribution in [3.63, 3.8) is 0 Å². The summed E-state index contributed by atoms with van der Waals surface area (Å²) in [5.74, 6) is 0.456. The summed E-state index contributed by atoms with van der Waals surface area (Å²) in [4.78, 5) is 21.8. The van der Waals surface area contributed by atoms with Gasteiger partial charge < -0.3 is 13.8 Å². The van der Waals surface area contributed by atoms with E-state index in [0.29, 0.717) is 29.6 Å². The molecule has 4 aromatic rings. The van der Waals surface area contributed by atoms with Gasteiger partial charge in [-0.15, -0.1) is 0 Å². The number of aryl methyl sites for hydroxylation is 2. The zero-order valence-electron chi connectivity index (χ0n) is 18.1. The number of hydrogen-bond acceptors (Lipinski definition) is 5. The topological polar surface area (TPSA) is 66.9 Å². The Bertz CT molecular complexity index is 1270. The van der Waals surface area contributed by atoms with Crippen LogP contribution in [0.2, 0.25) is 5.02 Å². The molecule has 0 spiro atoms. The summed E-state index contributed by atoms with van der Waals surface area (Å²) in [6.45, 7) is 7.84. The molecule has 5 rings (SSSR count). The first kappa shape index (κ1) is 20.7. The highest BCUT2D eigenvalue weighted by Gasteiger charge is 2.25. The molecule has 0 unspecified atom stereocenters. The van der Waals surface area contributed by atoms with E-state index in [1.54, 1.807) is 18.2 Å². The van der Waals surface area contributed by atoms with Gasteiger partial charge in [0.15, 0.2) is 11.5 Å². The standard InChI is InChI=1S/C24H24ClN5O2/c1-16-7-8-30-21(17(2)26-23(30)13-16)15-28-9-11-29(12-10-28)24(31)20-14-22(32-27-20)18-3-5-19(25)6-4-18/h3-8,13-14H,9-12,15H2,1-2H3. The van der Waals surface area contributed by atoms with E-state index in [1.165, 1.54) is 11.3 Å². The maximum atomic E-state index is 12.9. The molecule has 4 heterocycles. The van der Waals surface area contributed by atoms with Gasteiger partial charge in [0.2, 0.25) is 0 Å². The maximum Gasteiger partial charge on any atom is 0.276 e. The van der Waals surface area contributed by atoms with Gasteiger partial charge >= 0.3 is 0 Å². The summed E-state index contributed by atoms with van der Waals surface area (Å²) in [6.07, 6.45) is 2.09. The van der Waals surface area contributed by atoms with Gasteiger partial charge in [-0.1, -0.05) is 16.8 Å². The Morgan fingerprint density at radius 3 is 2.56 bits per heavy atom. The molecule has 32 heavy (non-hydrogen) atoms. The van der Waals surface area contributed by atoms with E-state index in [-0.39, 0.29) is 5.91 Å². The molecule has 0 saturated carbocycles. The third kappa shape index (κ3) is 4.01. The lowest BCUT2D eigenvalue weighted by atomic mass is 10.1. The monoisotopic (exact) mass is 449 g/mol. The number of aromatic nitrogens is 3. The van der Waals surface area contributed by atoms with Crippen LogP contribution in [0.3, 0.4) is 0 Å². The SMILES string of the molecule is Cc1ccn2c(CN3CCN(C(=O)c4cc(-c5ccc(Cl)cc5)on4)CC3)c(C)nc2c1. The van der Waals surface area contributed by atoms with Gasteiger partial charge in [-0.05, 0) is 55.8 Å². The smallest absolute Gasteiger partial charge is 0.276 e. The van der Waals surface area contributed by atoms with Crippen molar-refractivity contribution in [2.24, 2.45) is 0 Å². The summed E-state index contributed by atoms with van der Waals surface area (Å²) in [5, 5.41) is 4.65. The molecule has 0 bridgehead atoms. The van der Waals surface area contributed by atoms with E-state index in [1.807, 2.05) is 17.0 Å². The number of nitrogens with zero attached hydrogens (tertiary/aromatic N) is 5. The number of rotatable bonds is 4. The van der Waals surface area contributed by atoms with E-state index in [0.717, 1.165) is 36.5 Å². The first-order valence-electron chi connectivity index (χ1n) is 10.7. The normalized spacial score (nSPS) is 14.9. The first-order chi connectivity index (χ1) is 15.5. The number of benzene rings is 1. The van der Waals surface area contributed by atoms with Gasteiger partial charge in [0.05, 0.1) is 11.4 Å². The van der Waals surface area contributed by atoms with Gasteiger partial charge in [0, 0.05) is 55.6 Å². The van der Waals surface area contributed by atoms with Crippen molar-refractivity contribution in [2.45, 2.75) is 20.4 Å². The Hall–Kier alpha value is -3.16. The summed E-state index contributed by atoms with van der Waals surface area (Å²) < 4.78 is 7.56. The van der Waals surface area contributed by atoms with Crippen molar-refractivity contribution in [1.29, 1.82) is 0 Å². The number of pyridine rings is 1. The lowest BCUT2D eigenvalue weighted by Gasteiger charge is -2.34. The van der Waals surface area contributed by atoms with Crippen LogP contribution in [0.15, 0.2) is 53.2 Å². The molecule has 1 aliphatic rings. The van der Waals surface area contributed by atoms with Gasteiger partial charge in [-0.3, -0.25) is 9.69 Å². The van der Waals surface area contributed by atoms with Gasteiger partial charge in [0.25, 0.3) is 5.91 Å². The molecule has 3 aromatic heterocycles. The number of halogens is 1. The number of carbonyl (C=O) groups excluding carboxylic acids is 1. The molecule has 1 aliphatic heterocycles. The molecule has 1 amide bonds. The quantitative estimate of drug-likeness (QED) is 0.466. The third-order valence-electron chi connectivity index (χ3n) is 5.97. The molecule has 0 atom stereocenters. The zero-order valence-corrected chi connectivity index (χ0v) is 18.8. The summed E-state index contributed by atoms with van der Waals surface area (Å²) in [5.41, 5.74) is 5.60. The van der Waals surface area contributed by atoms with Crippen LogP contribution in [-0.2, 0) is 6.54 Å². The molecule has 8 heteroatoms. The van der Waals surface area contributed by atoms with E-state index >= 15 is 0 Å². The molecule has 1 aromatic carbocycles. The number of hydrogen-bond donors (Lipinski definition) is 0. The molecular formula is C24H24ClN5O2. The van der Waals surface area contributed by atoms with E-state index in [4.69, 9.17) is 21.1 Å². The predicted octanol–water partition coefficient (Wildman–Crippen LogP) is 4.22. The molecular weight excluding hydrogens is 426 g/mol. The summed E-state index contributed by atoms with van der Waals surface area (Å²) in [7, 11) is 0. The molecule has 1 saturated heterocycles. The van der Waals surface area contributed by atoms with Crippen LogP contribution in [0.1, 0.15) is 27.4 Å². The summed E-state index contributed by atoms with van der Waals surface area (Å²) >= 11 is 5.94. The van der Waals surface area contributed by atoms with Crippen molar-refractivity contribution in [3.8, 4) is 11.3 Å². The Morgan fingerprint density at radius 1 is 1.06 bits per heavy atom. The molecule has 0 radical (unpaired) electrons. The Labute approximate surface area is 191 Å². The fourth-order valence-corrected chi connectivity index (χ4v) is 4.24. The van der Waals surface area contributed by atoms with Crippen LogP contribution < -0.4 is 0 Å². The fraction of sp³-hybridized carbons (Fsp3) is 0.292. The largest absolute Gasteiger partial charge is 0.355 e. The lowest BCUT2D eigenvalue weighted by molar-refractivity contribution is 0.0616. The van der Waals surface area contributed by atoms with Crippen LogP contribution in [0.4, 0.5) is 0 Å². The third-order valence-corrected chi connectivity index (χ3v) is 6.22. The Balaban J connectivity index is 1.23. The minimum absolute atomic E-state index is 0.102. The number of imidazole rings is 1. The number of carbonyl (C=O) groups is 1. The second kappa shape index (κ2) is 8.41. The second-order valence-electron chi connectivity index (χ2n) is 8.23. The van der Waals surface area contributed by atoms with Gasteiger partial charge in [-0.25, -0.2) is 4.98 Å². The molecule has 0 aliphatic carbocycles. The average molecular weight is 450 g/mol. The number of fused-ring (bicyclic) bond motifs is 1. The Morgan fingerprint density at radius 2 is 1.81 bits per heavy atom. The average Bonchev–Trinajstić information content (AvgIpc) is 3.39. The van der Waals surface area contributed by atoms with Gasteiger partial charge in [-0.2, -0.15) is 0 Å². The Kier molecular flexibility index (Phi) is 5.45. The molecule has 1 fully saturated rings.